The molecule has 0 aromatic heterocycles. The Kier molecular flexibility index (Phi) is 19.0. The molecule has 1 fully saturated rings. The third-order valence-corrected chi connectivity index (χ3v) is 8.15. The lowest BCUT2D eigenvalue weighted by atomic mass is 9.82. The maximum atomic E-state index is 12.6. The molecule has 5 heteroatoms. The third-order valence-electron chi connectivity index (χ3n) is 8.15. The number of unbranched alkanes of at least 4 members (excludes halogenated alkanes) is 12. The van der Waals surface area contributed by atoms with E-state index in [9.17, 15) is 9.59 Å². The second-order valence-corrected chi connectivity index (χ2v) is 11.9. The maximum Gasteiger partial charge on any atom is 0.330 e. The summed E-state index contributed by atoms with van der Waals surface area (Å²) in [7, 11) is 0. The summed E-state index contributed by atoms with van der Waals surface area (Å²) in [5, 5.41) is 0. The average molecular weight is 571 g/mol. The molecule has 0 spiro atoms. The smallest absolute Gasteiger partial charge is 0.330 e. The first-order valence-corrected chi connectivity index (χ1v) is 16.8. The van der Waals surface area contributed by atoms with Gasteiger partial charge in [0.2, 0.25) is 0 Å². The van der Waals surface area contributed by atoms with Gasteiger partial charge >= 0.3 is 11.9 Å². The molecule has 1 aromatic rings. The molecular formula is C36H58O5. The van der Waals surface area contributed by atoms with E-state index < -0.39 is 0 Å². The monoisotopic (exact) mass is 570 g/mol. The Morgan fingerprint density at radius 3 is 2.00 bits per heavy atom. The molecular weight excluding hydrogens is 512 g/mol. The van der Waals surface area contributed by atoms with Crippen molar-refractivity contribution >= 4 is 11.9 Å². The second kappa shape index (κ2) is 22.3. The lowest BCUT2D eigenvalue weighted by molar-refractivity contribution is -0.153. The molecule has 232 valence electrons. The Labute approximate surface area is 250 Å². The van der Waals surface area contributed by atoms with Crippen LogP contribution in [0.1, 0.15) is 142 Å². The van der Waals surface area contributed by atoms with E-state index in [4.69, 9.17) is 14.2 Å². The highest BCUT2D eigenvalue weighted by Crippen LogP contribution is 2.31. The van der Waals surface area contributed by atoms with Crippen molar-refractivity contribution in [2.45, 2.75) is 149 Å². The zero-order chi connectivity index (χ0) is 29.5. The number of hydrogen-bond acceptors (Lipinski definition) is 5. The van der Waals surface area contributed by atoms with Crippen LogP contribution in [0.25, 0.3) is 0 Å². The molecule has 0 unspecified atom stereocenters. The fourth-order valence-corrected chi connectivity index (χ4v) is 5.73. The largest absolute Gasteiger partial charge is 0.489 e. The Balaban J connectivity index is 1.60. The van der Waals surface area contributed by atoms with Crippen LogP contribution in [-0.4, -0.2) is 31.3 Å². The van der Waals surface area contributed by atoms with Crippen LogP contribution in [-0.2, 0) is 25.5 Å². The van der Waals surface area contributed by atoms with E-state index in [2.05, 4.69) is 19.1 Å². The van der Waals surface area contributed by atoms with E-state index in [0.717, 1.165) is 49.8 Å². The summed E-state index contributed by atoms with van der Waals surface area (Å²) in [6.45, 7) is 6.63. The number of ether oxygens (including phenoxy) is 3. The molecule has 1 saturated carbocycles. The van der Waals surface area contributed by atoms with Crippen molar-refractivity contribution in [2.24, 2.45) is 5.92 Å². The Hall–Kier alpha value is -2.30. The van der Waals surface area contributed by atoms with Crippen molar-refractivity contribution in [1.82, 2.24) is 0 Å². The van der Waals surface area contributed by atoms with Crippen LogP contribution in [0.5, 0.6) is 5.75 Å². The molecule has 0 bridgehead atoms. The highest BCUT2D eigenvalue weighted by Gasteiger charge is 2.28. The Bertz CT molecular complexity index is 859. The van der Waals surface area contributed by atoms with Gasteiger partial charge < -0.3 is 14.2 Å². The van der Waals surface area contributed by atoms with E-state index in [1.165, 1.54) is 88.7 Å². The normalized spacial score (nSPS) is 17.3. The van der Waals surface area contributed by atoms with Crippen molar-refractivity contribution in [3.8, 4) is 5.75 Å². The molecule has 41 heavy (non-hydrogen) atoms. The molecule has 0 N–H and O–H groups in total. The predicted octanol–water partition coefficient (Wildman–Crippen LogP) is 9.70. The van der Waals surface area contributed by atoms with Crippen molar-refractivity contribution in [3.05, 3.63) is 41.5 Å². The minimum absolute atomic E-state index is 0.0139. The van der Waals surface area contributed by atoms with Gasteiger partial charge in [-0.1, -0.05) is 103 Å². The lowest BCUT2D eigenvalue weighted by Gasteiger charge is -2.31. The summed E-state index contributed by atoms with van der Waals surface area (Å²) in [6, 6.07) is 8.15. The van der Waals surface area contributed by atoms with Crippen LogP contribution < -0.4 is 4.74 Å². The third kappa shape index (κ3) is 16.7. The zero-order valence-electron chi connectivity index (χ0n) is 26.4. The highest BCUT2D eigenvalue weighted by atomic mass is 16.5. The Morgan fingerprint density at radius 2 is 1.39 bits per heavy atom. The van der Waals surface area contributed by atoms with Gasteiger partial charge in [0.1, 0.15) is 18.5 Å². The molecule has 1 aromatic carbocycles. The number of carbonyl (C=O) groups excluding carboxylic acids is 2. The molecule has 0 amide bonds. The van der Waals surface area contributed by atoms with Gasteiger partial charge in [-0.25, -0.2) is 4.79 Å². The summed E-state index contributed by atoms with van der Waals surface area (Å²) >= 11 is 0. The number of carbonyl (C=O) groups is 2. The average Bonchev–Trinajstić information content (AvgIpc) is 2.96. The van der Waals surface area contributed by atoms with Crippen molar-refractivity contribution < 1.29 is 23.8 Å². The standard InChI is InChI=1S/C36H58O5/c1-4-6-7-8-9-10-11-12-13-14-15-16-17-22-35(37)41-34-21-19-18-20-32(34)28-31-23-25-33(26-24-31)40-29-30(3)27-36(38)39-5-2/h23-27,32,34H,4-22,28-29H2,1-3H3/b30-27-/t32-,34+/m0/s1. The summed E-state index contributed by atoms with van der Waals surface area (Å²) in [4.78, 5) is 24.2. The van der Waals surface area contributed by atoms with E-state index in [-0.39, 0.29) is 18.0 Å². The van der Waals surface area contributed by atoms with Crippen LogP contribution in [0, 0.1) is 5.92 Å². The molecule has 2 rings (SSSR count). The summed E-state index contributed by atoms with van der Waals surface area (Å²) in [5.41, 5.74) is 2.05. The molecule has 5 nitrogen and oxygen atoms in total. The van der Waals surface area contributed by atoms with Gasteiger partial charge in [-0.15, -0.1) is 0 Å². The van der Waals surface area contributed by atoms with E-state index in [1.54, 1.807) is 6.92 Å². The first-order valence-electron chi connectivity index (χ1n) is 16.8. The Morgan fingerprint density at radius 1 is 0.805 bits per heavy atom. The van der Waals surface area contributed by atoms with Gasteiger partial charge in [0.25, 0.3) is 0 Å². The van der Waals surface area contributed by atoms with E-state index in [0.29, 0.717) is 25.6 Å². The highest BCUT2D eigenvalue weighted by molar-refractivity contribution is 5.82. The minimum Gasteiger partial charge on any atom is -0.489 e. The van der Waals surface area contributed by atoms with Gasteiger partial charge in [-0.3, -0.25) is 4.79 Å². The number of hydrogen-bond donors (Lipinski definition) is 0. The van der Waals surface area contributed by atoms with Crippen LogP contribution in [0.4, 0.5) is 0 Å². The SMILES string of the molecule is CCCCCCCCCCCCCCCC(=O)O[C@@H]1CCCC[C@H]1Cc1ccc(OC/C(C)=C\C(=O)OCC)cc1. The molecule has 0 heterocycles. The van der Waals surface area contributed by atoms with E-state index in [1.807, 2.05) is 19.1 Å². The van der Waals surface area contributed by atoms with Gasteiger partial charge in [-0.2, -0.15) is 0 Å². The van der Waals surface area contributed by atoms with Crippen LogP contribution in [0.2, 0.25) is 0 Å². The summed E-state index contributed by atoms with van der Waals surface area (Å²) < 4.78 is 16.8. The quantitative estimate of drug-likeness (QED) is 0.0789. The number of esters is 2. The summed E-state index contributed by atoms with van der Waals surface area (Å²) in [6.07, 6.45) is 24.4. The van der Waals surface area contributed by atoms with Crippen LogP contribution >= 0.6 is 0 Å². The summed E-state index contributed by atoms with van der Waals surface area (Å²) in [5.74, 6) is 0.798. The van der Waals surface area contributed by atoms with Crippen LogP contribution in [0.3, 0.4) is 0 Å². The fourth-order valence-electron chi connectivity index (χ4n) is 5.73. The predicted molar refractivity (Wildman–Crippen MR) is 168 cm³/mol. The van der Waals surface area contributed by atoms with Gasteiger partial charge in [0.05, 0.1) is 6.61 Å². The number of benzene rings is 1. The van der Waals surface area contributed by atoms with Gasteiger partial charge in [0.15, 0.2) is 0 Å². The van der Waals surface area contributed by atoms with Crippen molar-refractivity contribution in [1.29, 1.82) is 0 Å². The van der Waals surface area contributed by atoms with E-state index >= 15 is 0 Å². The van der Waals surface area contributed by atoms with Gasteiger partial charge in [-0.05, 0) is 75.1 Å². The maximum absolute atomic E-state index is 12.6. The lowest BCUT2D eigenvalue weighted by Crippen LogP contribution is -2.31. The molecule has 1 aliphatic rings. The van der Waals surface area contributed by atoms with Crippen LogP contribution in [0.15, 0.2) is 35.9 Å². The fraction of sp³-hybridized carbons (Fsp3) is 0.722. The molecule has 0 radical (unpaired) electrons. The number of rotatable bonds is 22. The minimum atomic E-state index is -0.337. The second-order valence-electron chi connectivity index (χ2n) is 11.9. The first-order chi connectivity index (χ1) is 20.0. The van der Waals surface area contributed by atoms with Crippen molar-refractivity contribution in [2.75, 3.05) is 13.2 Å². The molecule has 2 atom stereocenters. The van der Waals surface area contributed by atoms with Crippen molar-refractivity contribution in [3.63, 3.8) is 0 Å². The zero-order valence-corrected chi connectivity index (χ0v) is 26.4. The topological polar surface area (TPSA) is 61.8 Å². The molecule has 1 aliphatic carbocycles. The van der Waals surface area contributed by atoms with Gasteiger partial charge in [0, 0.05) is 12.5 Å². The first kappa shape index (κ1) is 34.9. The molecule has 0 saturated heterocycles. The molecule has 0 aliphatic heterocycles.